The molecule has 3 nitrogen and oxygen atoms in total. The van der Waals surface area contributed by atoms with E-state index in [2.05, 4.69) is 5.32 Å². The zero-order valence-corrected chi connectivity index (χ0v) is 10.7. The number of ether oxygens (including phenoxy) is 1. The second kappa shape index (κ2) is 6.16. The molecule has 0 fully saturated rings. The summed E-state index contributed by atoms with van der Waals surface area (Å²) < 4.78 is 18.9. The molecular formula is C14H20FNO2. The van der Waals surface area contributed by atoms with Crippen LogP contribution in [0.25, 0.3) is 0 Å². The van der Waals surface area contributed by atoms with Gasteiger partial charge in [-0.25, -0.2) is 4.39 Å². The van der Waals surface area contributed by atoms with Gasteiger partial charge in [0.05, 0.1) is 12.7 Å². The Morgan fingerprint density at radius 1 is 1.56 bits per heavy atom. The lowest BCUT2D eigenvalue weighted by Crippen LogP contribution is -2.24. The average molecular weight is 253 g/mol. The third kappa shape index (κ3) is 3.43. The molecule has 4 heteroatoms. The van der Waals surface area contributed by atoms with E-state index in [1.54, 1.807) is 19.1 Å². The number of aliphatic hydroxyl groups is 1. The number of rotatable bonds is 4. The van der Waals surface area contributed by atoms with Gasteiger partial charge in [0.15, 0.2) is 0 Å². The maximum atomic E-state index is 13.3. The Labute approximate surface area is 107 Å². The number of hydrogen-bond donors (Lipinski definition) is 2. The average Bonchev–Trinajstić information content (AvgIpc) is 2.51. The van der Waals surface area contributed by atoms with Gasteiger partial charge in [-0.15, -0.1) is 0 Å². The SMILES string of the molecule is CC(O)CCNC1CCCOc2ccc(F)cc21. The minimum Gasteiger partial charge on any atom is -0.493 e. The summed E-state index contributed by atoms with van der Waals surface area (Å²) >= 11 is 0. The molecule has 1 aromatic rings. The molecular weight excluding hydrogens is 233 g/mol. The molecule has 2 rings (SSSR count). The predicted molar refractivity (Wildman–Crippen MR) is 68.2 cm³/mol. The van der Waals surface area contributed by atoms with E-state index in [-0.39, 0.29) is 18.0 Å². The first-order chi connectivity index (χ1) is 8.66. The fraction of sp³-hybridized carbons (Fsp3) is 0.571. The van der Waals surface area contributed by atoms with Crippen LogP contribution in [0.5, 0.6) is 5.75 Å². The van der Waals surface area contributed by atoms with Crippen LogP contribution in [-0.4, -0.2) is 24.4 Å². The van der Waals surface area contributed by atoms with Gasteiger partial charge in [-0.3, -0.25) is 0 Å². The largest absolute Gasteiger partial charge is 0.493 e. The Morgan fingerprint density at radius 3 is 3.17 bits per heavy atom. The fourth-order valence-corrected chi connectivity index (χ4v) is 2.23. The second-order valence-electron chi connectivity index (χ2n) is 4.82. The van der Waals surface area contributed by atoms with Crippen LogP contribution in [0.1, 0.15) is 37.8 Å². The molecule has 0 saturated heterocycles. The molecule has 1 aliphatic rings. The second-order valence-corrected chi connectivity index (χ2v) is 4.82. The monoisotopic (exact) mass is 253 g/mol. The minimum atomic E-state index is -0.313. The first-order valence-electron chi connectivity index (χ1n) is 6.50. The van der Waals surface area contributed by atoms with Crippen LogP contribution >= 0.6 is 0 Å². The molecule has 1 heterocycles. The molecule has 0 amide bonds. The van der Waals surface area contributed by atoms with Crippen molar-refractivity contribution in [3.8, 4) is 5.75 Å². The van der Waals surface area contributed by atoms with E-state index in [0.29, 0.717) is 13.0 Å². The molecule has 0 radical (unpaired) electrons. The first-order valence-corrected chi connectivity index (χ1v) is 6.50. The van der Waals surface area contributed by atoms with Crippen molar-refractivity contribution in [2.45, 2.75) is 38.3 Å². The third-order valence-electron chi connectivity index (χ3n) is 3.19. The molecule has 2 unspecified atom stereocenters. The molecule has 100 valence electrons. The zero-order valence-electron chi connectivity index (χ0n) is 10.7. The number of nitrogens with one attached hydrogen (secondary N) is 1. The van der Waals surface area contributed by atoms with Gasteiger partial charge < -0.3 is 15.2 Å². The van der Waals surface area contributed by atoms with E-state index in [1.807, 2.05) is 0 Å². The molecule has 0 saturated carbocycles. The number of halogens is 1. The Morgan fingerprint density at radius 2 is 2.39 bits per heavy atom. The van der Waals surface area contributed by atoms with E-state index in [0.717, 1.165) is 30.7 Å². The molecule has 0 bridgehead atoms. The van der Waals surface area contributed by atoms with Crippen LogP contribution in [-0.2, 0) is 0 Å². The lowest BCUT2D eigenvalue weighted by molar-refractivity contribution is 0.182. The summed E-state index contributed by atoms with van der Waals surface area (Å²) in [5.74, 6) is 0.532. The molecule has 1 aromatic carbocycles. The van der Waals surface area contributed by atoms with Crippen molar-refractivity contribution in [1.29, 1.82) is 0 Å². The van der Waals surface area contributed by atoms with Crippen LogP contribution in [0.3, 0.4) is 0 Å². The normalized spacial score (nSPS) is 20.7. The topological polar surface area (TPSA) is 41.5 Å². The molecule has 2 N–H and O–H groups in total. The minimum absolute atomic E-state index is 0.108. The van der Waals surface area contributed by atoms with Crippen molar-refractivity contribution >= 4 is 0 Å². The Hall–Kier alpha value is -1.13. The molecule has 1 aliphatic heterocycles. The van der Waals surface area contributed by atoms with Gasteiger partial charge in [0, 0.05) is 11.6 Å². The van der Waals surface area contributed by atoms with Gasteiger partial charge in [-0.1, -0.05) is 0 Å². The highest BCUT2D eigenvalue weighted by Crippen LogP contribution is 2.31. The summed E-state index contributed by atoms with van der Waals surface area (Å²) in [6, 6.07) is 4.77. The van der Waals surface area contributed by atoms with Crippen LogP contribution in [0.15, 0.2) is 18.2 Å². The highest BCUT2D eigenvalue weighted by molar-refractivity contribution is 5.37. The van der Waals surface area contributed by atoms with Gasteiger partial charge in [0.25, 0.3) is 0 Å². The molecule has 0 aliphatic carbocycles. The molecule has 18 heavy (non-hydrogen) atoms. The maximum Gasteiger partial charge on any atom is 0.124 e. The Bertz CT molecular complexity index is 395. The van der Waals surface area contributed by atoms with Crippen LogP contribution in [0, 0.1) is 5.82 Å². The van der Waals surface area contributed by atoms with E-state index in [4.69, 9.17) is 4.74 Å². The third-order valence-corrected chi connectivity index (χ3v) is 3.19. The summed E-state index contributed by atoms with van der Waals surface area (Å²) in [6.45, 7) is 3.16. The van der Waals surface area contributed by atoms with E-state index in [9.17, 15) is 9.50 Å². The molecule has 0 spiro atoms. The van der Waals surface area contributed by atoms with Gasteiger partial charge in [0.1, 0.15) is 11.6 Å². The summed E-state index contributed by atoms with van der Waals surface area (Å²) in [5, 5.41) is 12.6. The fourth-order valence-electron chi connectivity index (χ4n) is 2.23. The van der Waals surface area contributed by atoms with Crippen LogP contribution in [0.4, 0.5) is 4.39 Å². The lowest BCUT2D eigenvalue weighted by atomic mass is 10.0. The van der Waals surface area contributed by atoms with Crippen molar-refractivity contribution in [3.05, 3.63) is 29.6 Å². The smallest absolute Gasteiger partial charge is 0.124 e. The predicted octanol–water partition coefficient (Wildman–Crippen LogP) is 2.40. The lowest BCUT2D eigenvalue weighted by Gasteiger charge is -2.19. The maximum absolute atomic E-state index is 13.3. The number of fused-ring (bicyclic) bond motifs is 1. The summed E-state index contributed by atoms with van der Waals surface area (Å²) in [5.41, 5.74) is 0.887. The number of aliphatic hydroxyl groups excluding tert-OH is 1. The summed E-state index contributed by atoms with van der Waals surface area (Å²) in [4.78, 5) is 0. The van der Waals surface area contributed by atoms with Gasteiger partial charge in [-0.05, 0) is 50.9 Å². The van der Waals surface area contributed by atoms with Gasteiger partial charge in [-0.2, -0.15) is 0 Å². The molecule has 2 atom stereocenters. The van der Waals surface area contributed by atoms with E-state index >= 15 is 0 Å². The quantitative estimate of drug-likeness (QED) is 0.865. The van der Waals surface area contributed by atoms with E-state index < -0.39 is 0 Å². The highest BCUT2D eigenvalue weighted by Gasteiger charge is 2.19. The van der Waals surface area contributed by atoms with Crippen LogP contribution in [0.2, 0.25) is 0 Å². The van der Waals surface area contributed by atoms with Crippen molar-refractivity contribution in [2.75, 3.05) is 13.2 Å². The van der Waals surface area contributed by atoms with Crippen molar-refractivity contribution in [1.82, 2.24) is 5.32 Å². The number of benzene rings is 1. The van der Waals surface area contributed by atoms with Crippen molar-refractivity contribution in [2.24, 2.45) is 0 Å². The zero-order chi connectivity index (χ0) is 13.0. The van der Waals surface area contributed by atoms with Crippen molar-refractivity contribution in [3.63, 3.8) is 0 Å². The Balaban J connectivity index is 2.08. The highest BCUT2D eigenvalue weighted by atomic mass is 19.1. The number of hydrogen-bond acceptors (Lipinski definition) is 3. The summed E-state index contributed by atoms with van der Waals surface area (Å²) in [6.07, 6.45) is 2.26. The molecule has 0 aromatic heterocycles. The van der Waals surface area contributed by atoms with Gasteiger partial charge >= 0.3 is 0 Å². The first kappa shape index (κ1) is 13.3. The standard InChI is InChI=1S/C14H20FNO2/c1-10(17)6-7-16-13-3-2-8-18-14-5-4-11(15)9-12(13)14/h4-5,9-10,13,16-17H,2-3,6-8H2,1H3. The Kier molecular flexibility index (Phi) is 4.55. The van der Waals surface area contributed by atoms with E-state index in [1.165, 1.54) is 6.07 Å². The summed E-state index contributed by atoms with van der Waals surface area (Å²) in [7, 11) is 0. The van der Waals surface area contributed by atoms with Crippen molar-refractivity contribution < 1.29 is 14.2 Å². The van der Waals surface area contributed by atoms with Gasteiger partial charge in [0.2, 0.25) is 0 Å². The van der Waals surface area contributed by atoms with Crippen LogP contribution < -0.4 is 10.1 Å².